The Morgan fingerprint density at radius 2 is 2.21 bits per heavy atom. The predicted molar refractivity (Wildman–Crippen MR) is 74.7 cm³/mol. The van der Waals surface area contributed by atoms with Crippen molar-refractivity contribution in [2.24, 2.45) is 5.92 Å². The van der Waals surface area contributed by atoms with E-state index in [1.165, 1.54) is 0 Å². The van der Waals surface area contributed by atoms with Crippen LogP contribution in [0.5, 0.6) is 0 Å². The summed E-state index contributed by atoms with van der Waals surface area (Å²) in [5, 5.41) is 10.3. The molecule has 0 bridgehead atoms. The van der Waals surface area contributed by atoms with Gasteiger partial charge in [0, 0.05) is 18.5 Å². The lowest BCUT2D eigenvalue weighted by atomic mass is 10.1. The number of pyridine rings is 1. The van der Waals surface area contributed by atoms with Gasteiger partial charge in [0.2, 0.25) is 0 Å². The number of anilines is 1. The van der Waals surface area contributed by atoms with Crippen LogP contribution in [0.1, 0.15) is 23.7 Å². The molecule has 1 aromatic heterocycles. The van der Waals surface area contributed by atoms with Crippen molar-refractivity contribution in [1.29, 1.82) is 0 Å². The second kappa shape index (κ2) is 4.53. The average Bonchev–Trinajstić information content (AvgIpc) is 2.83. The van der Waals surface area contributed by atoms with E-state index in [9.17, 15) is 9.90 Å². The summed E-state index contributed by atoms with van der Waals surface area (Å²) in [6.45, 7) is 3.94. The molecule has 98 valence electrons. The van der Waals surface area contributed by atoms with Gasteiger partial charge in [0.15, 0.2) is 0 Å². The maximum absolute atomic E-state index is 11.4. The number of nitrogens with zero attached hydrogens (tertiary/aromatic N) is 2. The lowest BCUT2D eigenvalue weighted by Crippen LogP contribution is -2.23. The highest BCUT2D eigenvalue weighted by molar-refractivity contribution is 5.98. The van der Waals surface area contributed by atoms with E-state index in [4.69, 9.17) is 0 Å². The number of carboxylic acids is 1. The van der Waals surface area contributed by atoms with E-state index in [-0.39, 0.29) is 0 Å². The highest BCUT2D eigenvalue weighted by Crippen LogP contribution is 2.28. The van der Waals surface area contributed by atoms with E-state index >= 15 is 0 Å². The van der Waals surface area contributed by atoms with Gasteiger partial charge in [-0.1, -0.05) is 25.1 Å². The van der Waals surface area contributed by atoms with E-state index in [0.29, 0.717) is 17.3 Å². The molecule has 1 aromatic carbocycles. The molecule has 4 heteroatoms. The summed E-state index contributed by atoms with van der Waals surface area (Å²) in [5.41, 5.74) is 1.15. The van der Waals surface area contributed by atoms with Crippen molar-refractivity contribution in [2.45, 2.75) is 13.3 Å². The van der Waals surface area contributed by atoms with Crippen LogP contribution in [0, 0.1) is 5.92 Å². The van der Waals surface area contributed by atoms with Crippen LogP contribution in [0.3, 0.4) is 0 Å². The predicted octanol–water partition coefficient (Wildman–Crippen LogP) is 2.78. The van der Waals surface area contributed by atoms with Gasteiger partial charge in [-0.15, -0.1) is 0 Å². The topological polar surface area (TPSA) is 53.4 Å². The van der Waals surface area contributed by atoms with Gasteiger partial charge in [0.05, 0.1) is 5.52 Å². The van der Waals surface area contributed by atoms with Gasteiger partial charge in [-0.05, 0) is 24.5 Å². The number of aromatic nitrogens is 1. The van der Waals surface area contributed by atoms with E-state index in [2.05, 4.69) is 16.8 Å². The van der Waals surface area contributed by atoms with Crippen LogP contribution in [0.4, 0.5) is 5.82 Å². The first kappa shape index (κ1) is 12.0. The van der Waals surface area contributed by atoms with Crippen molar-refractivity contribution >= 4 is 22.7 Å². The lowest BCUT2D eigenvalue weighted by Gasteiger charge is -2.19. The maximum atomic E-state index is 11.4. The molecule has 1 saturated heterocycles. The number of para-hydroxylation sites is 1. The molecule has 1 fully saturated rings. The van der Waals surface area contributed by atoms with Gasteiger partial charge < -0.3 is 10.0 Å². The Morgan fingerprint density at radius 1 is 1.42 bits per heavy atom. The number of rotatable bonds is 2. The molecule has 2 heterocycles. The number of hydrogen-bond acceptors (Lipinski definition) is 3. The molecule has 1 unspecified atom stereocenters. The molecule has 2 aromatic rings. The third-order valence-electron chi connectivity index (χ3n) is 3.66. The highest BCUT2D eigenvalue weighted by atomic mass is 16.4. The third kappa shape index (κ3) is 2.14. The number of benzene rings is 1. The molecule has 0 radical (unpaired) electrons. The minimum Gasteiger partial charge on any atom is -0.478 e. The zero-order valence-corrected chi connectivity index (χ0v) is 10.8. The fraction of sp³-hybridized carbons (Fsp3) is 0.333. The second-order valence-corrected chi connectivity index (χ2v) is 5.20. The quantitative estimate of drug-likeness (QED) is 0.897. The first-order valence-electron chi connectivity index (χ1n) is 6.53. The number of carboxylic acid groups (broad SMARTS) is 1. The number of fused-ring (bicyclic) bond motifs is 1. The average molecular weight is 256 g/mol. The van der Waals surface area contributed by atoms with E-state index < -0.39 is 5.97 Å². The first-order valence-corrected chi connectivity index (χ1v) is 6.53. The first-order chi connectivity index (χ1) is 9.15. The van der Waals surface area contributed by atoms with Crippen LogP contribution < -0.4 is 4.90 Å². The molecule has 19 heavy (non-hydrogen) atoms. The fourth-order valence-electron chi connectivity index (χ4n) is 2.63. The maximum Gasteiger partial charge on any atom is 0.339 e. The van der Waals surface area contributed by atoms with Crippen molar-refractivity contribution in [1.82, 2.24) is 4.98 Å². The minimum absolute atomic E-state index is 0.299. The normalized spacial score (nSPS) is 19.0. The molecule has 4 nitrogen and oxygen atoms in total. The summed E-state index contributed by atoms with van der Waals surface area (Å²) < 4.78 is 0. The summed E-state index contributed by atoms with van der Waals surface area (Å²) in [6.07, 6.45) is 1.09. The van der Waals surface area contributed by atoms with Crippen LogP contribution >= 0.6 is 0 Å². The van der Waals surface area contributed by atoms with Crippen molar-refractivity contribution in [2.75, 3.05) is 18.0 Å². The molecule has 1 aliphatic rings. The Labute approximate surface area is 111 Å². The Morgan fingerprint density at radius 3 is 2.89 bits per heavy atom. The standard InChI is InChI=1S/C15H16N2O2/c1-10-6-7-17(9-10)14-12(15(18)19)8-11-4-2-3-5-13(11)16-14/h2-5,8,10H,6-7,9H2,1H3,(H,18,19). The van der Waals surface area contributed by atoms with E-state index in [0.717, 1.165) is 30.4 Å². The summed E-state index contributed by atoms with van der Waals surface area (Å²) in [5.74, 6) is 0.290. The molecule has 0 aliphatic carbocycles. The smallest absolute Gasteiger partial charge is 0.339 e. The zero-order chi connectivity index (χ0) is 13.4. The molecular formula is C15H16N2O2. The Balaban J connectivity index is 2.15. The monoisotopic (exact) mass is 256 g/mol. The molecule has 1 N–H and O–H groups in total. The summed E-state index contributed by atoms with van der Waals surface area (Å²) >= 11 is 0. The number of carbonyl (C=O) groups is 1. The second-order valence-electron chi connectivity index (χ2n) is 5.20. The van der Waals surface area contributed by atoms with Crippen LogP contribution in [-0.4, -0.2) is 29.1 Å². The van der Waals surface area contributed by atoms with Crippen molar-refractivity contribution in [3.8, 4) is 0 Å². The van der Waals surface area contributed by atoms with Crippen molar-refractivity contribution in [3.05, 3.63) is 35.9 Å². The SMILES string of the molecule is CC1CCN(c2nc3ccccc3cc2C(=O)O)C1. The van der Waals surface area contributed by atoms with Gasteiger partial charge >= 0.3 is 5.97 Å². The summed E-state index contributed by atoms with van der Waals surface area (Å²) in [7, 11) is 0. The largest absolute Gasteiger partial charge is 0.478 e. The summed E-state index contributed by atoms with van der Waals surface area (Å²) in [4.78, 5) is 18.1. The molecule has 0 saturated carbocycles. The molecular weight excluding hydrogens is 240 g/mol. The Kier molecular flexibility index (Phi) is 2.85. The molecule has 1 aliphatic heterocycles. The molecule has 1 atom stereocenters. The van der Waals surface area contributed by atoms with Crippen LogP contribution in [0.15, 0.2) is 30.3 Å². The third-order valence-corrected chi connectivity index (χ3v) is 3.66. The number of hydrogen-bond donors (Lipinski definition) is 1. The molecule has 3 rings (SSSR count). The Bertz CT molecular complexity index is 639. The minimum atomic E-state index is -0.909. The zero-order valence-electron chi connectivity index (χ0n) is 10.8. The lowest BCUT2D eigenvalue weighted by molar-refractivity contribution is 0.0697. The van der Waals surface area contributed by atoms with Crippen molar-refractivity contribution < 1.29 is 9.90 Å². The fourth-order valence-corrected chi connectivity index (χ4v) is 2.63. The number of aromatic carboxylic acids is 1. The molecule has 0 amide bonds. The van der Waals surface area contributed by atoms with Gasteiger partial charge in [0.25, 0.3) is 0 Å². The van der Waals surface area contributed by atoms with E-state index in [1.54, 1.807) is 6.07 Å². The van der Waals surface area contributed by atoms with Gasteiger partial charge in [-0.25, -0.2) is 9.78 Å². The van der Waals surface area contributed by atoms with Crippen LogP contribution in [0.2, 0.25) is 0 Å². The van der Waals surface area contributed by atoms with Crippen LogP contribution in [-0.2, 0) is 0 Å². The molecule has 0 spiro atoms. The highest BCUT2D eigenvalue weighted by Gasteiger charge is 2.24. The van der Waals surface area contributed by atoms with E-state index in [1.807, 2.05) is 24.3 Å². The summed E-state index contributed by atoms with van der Waals surface area (Å²) in [6, 6.07) is 9.36. The van der Waals surface area contributed by atoms with Crippen molar-refractivity contribution in [3.63, 3.8) is 0 Å². The Hall–Kier alpha value is -2.10. The van der Waals surface area contributed by atoms with Gasteiger partial charge in [-0.3, -0.25) is 0 Å². The van der Waals surface area contributed by atoms with Gasteiger partial charge in [-0.2, -0.15) is 0 Å². The van der Waals surface area contributed by atoms with Crippen LogP contribution in [0.25, 0.3) is 10.9 Å². The van der Waals surface area contributed by atoms with Gasteiger partial charge in [0.1, 0.15) is 11.4 Å².